The molecule has 0 atom stereocenters. The number of alkyl halides is 3. The van der Waals surface area contributed by atoms with Crippen LogP contribution in [0.25, 0.3) is 0 Å². The largest absolute Gasteiger partial charge is 0.477 e. The van der Waals surface area contributed by atoms with Crippen LogP contribution in [-0.2, 0) is 0 Å². The Morgan fingerprint density at radius 3 is 2.71 bits per heavy atom. The number of aryl methyl sites for hydroxylation is 1. The highest BCUT2D eigenvalue weighted by Crippen LogP contribution is 2.22. The van der Waals surface area contributed by atoms with E-state index in [1.807, 2.05) is 6.07 Å². The third-order valence-electron chi connectivity index (χ3n) is 1.96. The molecule has 0 aromatic carbocycles. The summed E-state index contributed by atoms with van der Waals surface area (Å²) in [5.74, 6) is 0.0923. The van der Waals surface area contributed by atoms with Crippen LogP contribution in [0.5, 0.6) is 5.88 Å². The number of hydrogen-bond acceptors (Lipinski definition) is 3. The number of pyridine rings is 1. The van der Waals surface area contributed by atoms with Crippen molar-refractivity contribution in [3.63, 3.8) is 0 Å². The SMILES string of the molecule is Cc1ccc(C#N)c(OCCCC(F)(F)F)n1. The van der Waals surface area contributed by atoms with Gasteiger partial charge in [0.05, 0.1) is 6.61 Å². The third kappa shape index (κ3) is 4.72. The van der Waals surface area contributed by atoms with Gasteiger partial charge in [0.15, 0.2) is 0 Å². The van der Waals surface area contributed by atoms with Gasteiger partial charge in [0.2, 0.25) is 5.88 Å². The Kier molecular flexibility index (Phi) is 4.32. The molecule has 0 amide bonds. The Balaban J connectivity index is 2.52. The number of aromatic nitrogens is 1. The molecule has 0 aliphatic heterocycles. The molecule has 92 valence electrons. The van der Waals surface area contributed by atoms with Gasteiger partial charge in [0.25, 0.3) is 0 Å². The maximum atomic E-state index is 11.9. The topological polar surface area (TPSA) is 45.9 Å². The molecule has 0 spiro atoms. The summed E-state index contributed by atoms with van der Waals surface area (Å²) < 4.78 is 40.7. The number of ether oxygens (including phenoxy) is 1. The minimum absolute atomic E-state index is 0.0923. The molecule has 1 aromatic heterocycles. The predicted molar refractivity (Wildman–Crippen MR) is 54.5 cm³/mol. The van der Waals surface area contributed by atoms with Crippen LogP contribution in [0.2, 0.25) is 0 Å². The molecular weight excluding hydrogens is 233 g/mol. The smallest absolute Gasteiger partial charge is 0.389 e. The summed E-state index contributed by atoms with van der Waals surface area (Å²) in [5.41, 5.74) is 0.873. The van der Waals surface area contributed by atoms with Gasteiger partial charge in [-0.2, -0.15) is 18.4 Å². The average molecular weight is 244 g/mol. The first-order valence-electron chi connectivity index (χ1n) is 4.99. The number of halogens is 3. The molecule has 0 unspecified atom stereocenters. The van der Waals surface area contributed by atoms with Crippen LogP contribution in [-0.4, -0.2) is 17.8 Å². The Morgan fingerprint density at radius 2 is 2.12 bits per heavy atom. The second-order valence-electron chi connectivity index (χ2n) is 3.48. The molecule has 0 aliphatic rings. The van der Waals surface area contributed by atoms with Crippen molar-refractivity contribution in [3.8, 4) is 11.9 Å². The minimum Gasteiger partial charge on any atom is -0.477 e. The zero-order chi connectivity index (χ0) is 12.9. The van der Waals surface area contributed by atoms with Gasteiger partial charge in [-0.25, -0.2) is 4.98 Å². The maximum absolute atomic E-state index is 11.9. The first kappa shape index (κ1) is 13.3. The number of nitriles is 1. The summed E-state index contributed by atoms with van der Waals surface area (Å²) in [6.07, 6.45) is -5.23. The number of nitrogens with zero attached hydrogens (tertiary/aromatic N) is 2. The fraction of sp³-hybridized carbons (Fsp3) is 0.455. The van der Waals surface area contributed by atoms with Crippen molar-refractivity contribution in [2.24, 2.45) is 0 Å². The summed E-state index contributed by atoms with van der Waals surface area (Å²) in [6, 6.07) is 5.04. The Hall–Kier alpha value is -1.77. The Labute approximate surface area is 96.8 Å². The zero-order valence-electron chi connectivity index (χ0n) is 9.21. The van der Waals surface area contributed by atoms with E-state index in [4.69, 9.17) is 10.00 Å². The lowest BCUT2D eigenvalue weighted by atomic mass is 10.2. The van der Waals surface area contributed by atoms with Gasteiger partial charge in [-0.1, -0.05) is 0 Å². The highest BCUT2D eigenvalue weighted by molar-refractivity contribution is 5.38. The van der Waals surface area contributed by atoms with Crippen LogP contribution in [0.4, 0.5) is 13.2 Å². The highest BCUT2D eigenvalue weighted by Gasteiger charge is 2.26. The van der Waals surface area contributed by atoms with Crippen LogP contribution in [0, 0.1) is 18.3 Å². The summed E-state index contributed by atoms with van der Waals surface area (Å²) >= 11 is 0. The van der Waals surface area contributed by atoms with Crippen molar-refractivity contribution in [1.82, 2.24) is 4.98 Å². The van der Waals surface area contributed by atoms with E-state index in [1.165, 1.54) is 6.07 Å². The normalized spacial score (nSPS) is 11.0. The van der Waals surface area contributed by atoms with Gasteiger partial charge in [-0.15, -0.1) is 0 Å². The molecular formula is C11H11F3N2O. The van der Waals surface area contributed by atoms with E-state index in [9.17, 15) is 13.2 Å². The van der Waals surface area contributed by atoms with Gasteiger partial charge in [-0.3, -0.25) is 0 Å². The van der Waals surface area contributed by atoms with E-state index in [0.717, 1.165) is 0 Å². The third-order valence-corrected chi connectivity index (χ3v) is 1.96. The first-order valence-corrected chi connectivity index (χ1v) is 4.99. The van der Waals surface area contributed by atoms with E-state index in [-0.39, 0.29) is 24.5 Å². The van der Waals surface area contributed by atoms with Crippen molar-refractivity contribution in [2.75, 3.05) is 6.61 Å². The summed E-state index contributed by atoms with van der Waals surface area (Å²) in [5, 5.41) is 8.75. The standard InChI is InChI=1S/C11H11F3N2O/c1-8-3-4-9(7-15)10(16-8)17-6-2-5-11(12,13)14/h3-4H,2,5-6H2,1H3. The number of hydrogen-bond donors (Lipinski definition) is 0. The van der Waals surface area contributed by atoms with Crippen molar-refractivity contribution < 1.29 is 17.9 Å². The lowest BCUT2D eigenvalue weighted by Crippen LogP contribution is -2.10. The van der Waals surface area contributed by atoms with Gasteiger partial charge in [0, 0.05) is 12.1 Å². The predicted octanol–water partition coefficient (Wildman–Crippen LogP) is 2.98. The molecule has 6 heteroatoms. The molecule has 1 heterocycles. The van der Waals surface area contributed by atoms with Gasteiger partial charge < -0.3 is 4.74 Å². The molecule has 0 bridgehead atoms. The molecule has 0 saturated carbocycles. The van der Waals surface area contributed by atoms with Crippen molar-refractivity contribution in [1.29, 1.82) is 5.26 Å². The Bertz CT molecular complexity index is 424. The summed E-state index contributed by atoms with van der Waals surface area (Å²) in [6.45, 7) is 1.61. The van der Waals surface area contributed by atoms with Crippen LogP contribution in [0.1, 0.15) is 24.1 Å². The molecule has 1 rings (SSSR count). The van der Waals surface area contributed by atoms with Crippen LogP contribution in [0.15, 0.2) is 12.1 Å². The second kappa shape index (κ2) is 5.53. The molecule has 0 N–H and O–H groups in total. The number of rotatable bonds is 4. The average Bonchev–Trinajstić information content (AvgIpc) is 2.23. The molecule has 0 fully saturated rings. The molecule has 0 radical (unpaired) electrons. The fourth-order valence-corrected chi connectivity index (χ4v) is 1.17. The lowest BCUT2D eigenvalue weighted by Gasteiger charge is -2.08. The van der Waals surface area contributed by atoms with E-state index in [2.05, 4.69) is 4.98 Å². The van der Waals surface area contributed by atoms with E-state index in [1.54, 1.807) is 13.0 Å². The molecule has 0 saturated heterocycles. The quantitative estimate of drug-likeness (QED) is 0.765. The molecule has 1 aromatic rings. The Morgan fingerprint density at radius 1 is 1.41 bits per heavy atom. The van der Waals surface area contributed by atoms with Crippen LogP contribution in [0.3, 0.4) is 0 Å². The molecule has 0 aliphatic carbocycles. The van der Waals surface area contributed by atoms with Gasteiger partial charge in [-0.05, 0) is 25.5 Å². The van der Waals surface area contributed by atoms with Crippen LogP contribution < -0.4 is 4.74 Å². The second-order valence-corrected chi connectivity index (χ2v) is 3.48. The summed E-state index contributed by atoms with van der Waals surface area (Å²) in [4.78, 5) is 3.95. The van der Waals surface area contributed by atoms with E-state index >= 15 is 0 Å². The van der Waals surface area contributed by atoms with Crippen molar-refractivity contribution in [3.05, 3.63) is 23.4 Å². The minimum atomic E-state index is -4.18. The lowest BCUT2D eigenvalue weighted by molar-refractivity contribution is -0.136. The zero-order valence-corrected chi connectivity index (χ0v) is 9.21. The van der Waals surface area contributed by atoms with Crippen LogP contribution >= 0.6 is 0 Å². The summed E-state index contributed by atoms with van der Waals surface area (Å²) in [7, 11) is 0. The fourth-order valence-electron chi connectivity index (χ4n) is 1.17. The van der Waals surface area contributed by atoms with Crippen molar-refractivity contribution in [2.45, 2.75) is 25.9 Å². The molecule has 17 heavy (non-hydrogen) atoms. The maximum Gasteiger partial charge on any atom is 0.389 e. The first-order chi connectivity index (χ1) is 7.92. The van der Waals surface area contributed by atoms with Crippen molar-refractivity contribution >= 4 is 0 Å². The highest BCUT2D eigenvalue weighted by atomic mass is 19.4. The van der Waals surface area contributed by atoms with Gasteiger partial charge in [0.1, 0.15) is 11.6 Å². The van der Waals surface area contributed by atoms with E-state index < -0.39 is 12.6 Å². The monoisotopic (exact) mass is 244 g/mol. The van der Waals surface area contributed by atoms with Gasteiger partial charge >= 0.3 is 6.18 Å². The van der Waals surface area contributed by atoms with E-state index in [0.29, 0.717) is 5.69 Å². The molecule has 3 nitrogen and oxygen atoms in total.